The van der Waals surface area contributed by atoms with Gasteiger partial charge in [0.1, 0.15) is 22.1 Å². The van der Waals surface area contributed by atoms with Crippen LogP contribution in [0.1, 0.15) is 12.0 Å². The molecule has 1 heterocycles. The largest absolute Gasteiger partial charge is 0.497 e. The van der Waals surface area contributed by atoms with Crippen LogP contribution in [0.4, 0.5) is 5.69 Å². The monoisotopic (exact) mass is 349 g/mol. The van der Waals surface area contributed by atoms with Crippen molar-refractivity contribution >= 4 is 15.7 Å². The standard InChI is InChI=1S/C17H19NO5S/c1-21-14-6-8-16(22-2)17(11-14)24(19,20)18-13-5-7-15-12(10-13)4-3-9-23-15/h5-8,10-11,18H,3-4,9H2,1-2H3. The van der Waals surface area contributed by atoms with Crippen LogP contribution in [-0.4, -0.2) is 29.2 Å². The molecule has 0 aromatic heterocycles. The van der Waals surface area contributed by atoms with E-state index in [1.54, 1.807) is 30.3 Å². The van der Waals surface area contributed by atoms with E-state index < -0.39 is 10.0 Å². The lowest BCUT2D eigenvalue weighted by atomic mass is 10.1. The van der Waals surface area contributed by atoms with Crippen LogP contribution >= 0.6 is 0 Å². The molecule has 1 N–H and O–H groups in total. The van der Waals surface area contributed by atoms with Gasteiger partial charge in [0, 0.05) is 11.8 Å². The smallest absolute Gasteiger partial charge is 0.265 e. The van der Waals surface area contributed by atoms with Gasteiger partial charge in [-0.3, -0.25) is 4.72 Å². The van der Waals surface area contributed by atoms with Crippen LogP contribution in [0, 0.1) is 0 Å². The summed E-state index contributed by atoms with van der Waals surface area (Å²) in [5.74, 6) is 1.50. The lowest BCUT2D eigenvalue weighted by Gasteiger charge is -2.18. The Kier molecular flexibility index (Phi) is 4.53. The molecule has 24 heavy (non-hydrogen) atoms. The predicted octanol–water partition coefficient (Wildman–Crippen LogP) is 2.83. The second-order valence-corrected chi connectivity index (χ2v) is 7.05. The van der Waals surface area contributed by atoms with Crippen molar-refractivity contribution in [3.8, 4) is 17.2 Å². The first kappa shape index (κ1) is 16.4. The zero-order chi connectivity index (χ0) is 17.2. The van der Waals surface area contributed by atoms with E-state index in [9.17, 15) is 8.42 Å². The average Bonchev–Trinajstić information content (AvgIpc) is 2.60. The van der Waals surface area contributed by atoms with E-state index in [0.29, 0.717) is 18.0 Å². The van der Waals surface area contributed by atoms with Crippen molar-refractivity contribution < 1.29 is 22.6 Å². The molecule has 0 saturated carbocycles. The number of hydrogen-bond acceptors (Lipinski definition) is 5. The Bertz CT molecular complexity index is 848. The number of rotatable bonds is 5. The van der Waals surface area contributed by atoms with Crippen molar-refractivity contribution in [1.82, 2.24) is 0 Å². The van der Waals surface area contributed by atoms with Crippen LogP contribution in [-0.2, 0) is 16.4 Å². The number of methoxy groups -OCH3 is 2. The van der Waals surface area contributed by atoms with Crippen LogP contribution in [0.2, 0.25) is 0 Å². The minimum atomic E-state index is -3.81. The summed E-state index contributed by atoms with van der Waals surface area (Å²) in [5.41, 5.74) is 1.49. The van der Waals surface area contributed by atoms with Crippen molar-refractivity contribution in [1.29, 1.82) is 0 Å². The van der Waals surface area contributed by atoms with Gasteiger partial charge in [-0.1, -0.05) is 0 Å². The molecule has 2 aromatic rings. The average molecular weight is 349 g/mol. The Balaban J connectivity index is 1.94. The molecule has 0 saturated heterocycles. The molecule has 3 rings (SSSR count). The highest BCUT2D eigenvalue weighted by molar-refractivity contribution is 7.92. The highest BCUT2D eigenvalue weighted by Gasteiger charge is 2.21. The normalized spacial score (nSPS) is 13.6. The van der Waals surface area contributed by atoms with Crippen molar-refractivity contribution in [2.24, 2.45) is 0 Å². The highest BCUT2D eigenvalue weighted by atomic mass is 32.2. The van der Waals surface area contributed by atoms with Gasteiger partial charge in [0.2, 0.25) is 0 Å². The third-order valence-electron chi connectivity index (χ3n) is 3.82. The van der Waals surface area contributed by atoms with Gasteiger partial charge in [0.15, 0.2) is 0 Å². The van der Waals surface area contributed by atoms with E-state index in [2.05, 4.69) is 4.72 Å². The molecule has 0 unspecified atom stereocenters. The lowest BCUT2D eigenvalue weighted by Crippen LogP contribution is -2.15. The number of sulfonamides is 1. The van der Waals surface area contributed by atoms with Gasteiger partial charge in [-0.15, -0.1) is 0 Å². The quantitative estimate of drug-likeness (QED) is 0.898. The summed E-state index contributed by atoms with van der Waals surface area (Å²) in [6.07, 6.45) is 1.79. The van der Waals surface area contributed by atoms with E-state index in [0.717, 1.165) is 24.2 Å². The maximum atomic E-state index is 12.7. The van der Waals surface area contributed by atoms with Gasteiger partial charge in [-0.25, -0.2) is 8.42 Å². The Hall–Kier alpha value is -2.41. The summed E-state index contributed by atoms with van der Waals surface area (Å²) in [6, 6.07) is 9.92. The summed E-state index contributed by atoms with van der Waals surface area (Å²) in [6.45, 7) is 0.694. The molecule has 0 atom stereocenters. The van der Waals surface area contributed by atoms with E-state index in [1.807, 2.05) is 0 Å². The molecule has 0 fully saturated rings. The van der Waals surface area contributed by atoms with Crippen molar-refractivity contribution in [2.45, 2.75) is 17.7 Å². The zero-order valence-corrected chi connectivity index (χ0v) is 14.4. The highest BCUT2D eigenvalue weighted by Crippen LogP contribution is 2.32. The fraction of sp³-hybridized carbons (Fsp3) is 0.294. The van der Waals surface area contributed by atoms with Gasteiger partial charge < -0.3 is 14.2 Å². The fourth-order valence-corrected chi connectivity index (χ4v) is 3.86. The van der Waals surface area contributed by atoms with Crippen LogP contribution in [0.5, 0.6) is 17.2 Å². The molecular weight excluding hydrogens is 330 g/mol. The minimum Gasteiger partial charge on any atom is -0.497 e. The number of anilines is 1. The van der Waals surface area contributed by atoms with Crippen molar-refractivity contribution in [2.75, 3.05) is 25.5 Å². The van der Waals surface area contributed by atoms with Crippen molar-refractivity contribution in [3.63, 3.8) is 0 Å². The second kappa shape index (κ2) is 6.60. The molecule has 128 valence electrons. The van der Waals surface area contributed by atoms with E-state index >= 15 is 0 Å². The molecule has 0 radical (unpaired) electrons. The van der Waals surface area contributed by atoms with E-state index in [-0.39, 0.29) is 10.6 Å². The molecule has 2 aromatic carbocycles. The second-order valence-electron chi connectivity index (χ2n) is 5.40. The lowest BCUT2D eigenvalue weighted by molar-refractivity contribution is 0.288. The molecule has 0 bridgehead atoms. The summed E-state index contributed by atoms with van der Waals surface area (Å²) in [7, 11) is -0.902. The predicted molar refractivity (Wildman–Crippen MR) is 90.6 cm³/mol. The first-order valence-electron chi connectivity index (χ1n) is 7.54. The SMILES string of the molecule is COc1ccc(OC)c(S(=O)(=O)Nc2ccc3c(c2)CCCO3)c1. The number of hydrogen-bond donors (Lipinski definition) is 1. The Morgan fingerprint density at radius 1 is 1.08 bits per heavy atom. The van der Waals surface area contributed by atoms with E-state index in [1.165, 1.54) is 20.3 Å². The number of aryl methyl sites for hydroxylation is 1. The maximum Gasteiger partial charge on any atom is 0.265 e. The molecule has 7 heteroatoms. The molecular formula is C17H19NO5S. The Labute approximate surface area is 141 Å². The Morgan fingerprint density at radius 3 is 2.67 bits per heavy atom. The molecule has 1 aliphatic heterocycles. The molecule has 6 nitrogen and oxygen atoms in total. The van der Waals surface area contributed by atoms with Gasteiger partial charge in [-0.05, 0) is 48.7 Å². The van der Waals surface area contributed by atoms with Crippen molar-refractivity contribution in [3.05, 3.63) is 42.0 Å². The zero-order valence-electron chi connectivity index (χ0n) is 13.5. The van der Waals surface area contributed by atoms with Gasteiger partial charge >= 0.3 is 0 Å². The van der Waals surface area contributed by atoms with E-state index in [4.69, 9.17) is 14.2 Å². The first-order chi connectivity index (χ1) is 11.5. The maximum absolute atomic E-state index is 12.7. The minimum absolute atomic E-state index is 0.0262. The molecule has 1 aliphatic rings. The van der Waals surface area contributed by atoms with Gasteiger partial charge in [-0.2, -0.15) is 0 Å². The number of fused-ring (bicyclic) bond motifs is 1. The van der Waals surface area contributed by atoms with Crippen LogP contribution < -0.4 is 18.9 Å². The first-order valence-corrected chi connectivity index (χ1v) is 9.02. The molecule has 0 amide bonds. The summed E-state index contributed by atoms with van der Waals surface area (Å²) < 4.78 is 43.9. The van der Waals surface area contributed by atoms with Gasteiger partial charge in [0.05, 0.1) is 20.8 Å². The molecule has 0 spiro atoms. The summed E-state index contributed by atoms with van der Waals surface area (Å²) in [5, 5.41) is 0. The number of benzene rings is 2. The molecule has 0 aliphatic carbocycles. The third kappa shape index (κ3) is 3.26. The Morgan fingerprint density at radius 2 is 1.92 bits per heavy atom. The fourth-order valence-electron chi connectivity index (χ4n) is 2.63. The van der Waals surface area contributed by atoms with Crippen LogP contribution in [0.25, 0.3) is 0 Å². The number of ether oxygens (including phenoxy) is 3. The van der Waals surface area contributed by atoms with Crippen LogP contribution in [0.15, 0.2) is 41.3 Å². The summed E-state index contributed by atoms with van der Waals surface area (Å²) >= 11 is 0. The van der Waals surface area contributed by atoms with Gasteiger partial charge in [0.25, 0.3) is 10.0 Å². The third-order valence-corrected chi connectivity index (χ3v) is 5.22. The number of nitrogens with one attached hydrogen (secondary N) is 1. The summed E-state index contributed by atoms with van der Waals surface area (Å²) in [4.78, 5) is 0.0262. The topological polar surface area (TPSA) is 73.9 Å². The van der Waals surface area contributed by atoms with Crippen LogP contribution in [0.3, 0.4) is 0 Å².